The zero-order chi connectivity index (χ0) is 9.28. The van der Waals surface area contributed by atoms with E-state index in [2.05, 4.69) is 13.8 Å². The van der Waals surface area contributed by atoms with E-state index in [9.17, 15) is 0 Å². The maximum Gasteiger partial charge on any atom is 0.0453 e. The molecule has 0 aliphatic rings. The van der Waals surface area contributed by atoms with Crippen molar-refractivity contribution >= 4 is 0 Å². The second-order valence-corrected chi connectivity index (χ2v) is 3.48. The van der Waals surface area contributed by atoms with Gasteiger partial charge in [0.1, 0.15) is 0 Å². The molecule has 0 bridgehead atoms. The predicted molar refractivity (Wildman–Crippen MR) is 52.1 cm³/mol. The summed E-state index contributed by atoms with van der Waals surface area (Å²) in [6.07, 6.45) is 0.931. The van der Waals surface area contributed by atoms with Crippen molar-refractivity contribution in [2.24, 2.45) is 11.8 Å². The summed E-state index contributed by atoms with van der Waals surface area (Å²) in [5, 5.41) is 16.4. The van der Waals surface area contributed by atoms with E-state index in [-0.39, 0.29) is 5.48 Å². The van der Waals surface area contributed by atoms with Crippen molar-refractivity contribution in [3.05, 3.63) is 0 Å². The minimum Gasteiger partial charge on any atom is -0.412 e. The normalized spacial score (nSPS) is 9.00. The van der Waals surface area contributed by atoms with Crippen molar-refractivity contribution in [2.45, 2.75) is 34.1 Å². The van der Waals surface area contributed by atoms with Crippen LogP contribution in [0.3, 0.4) is 0 Å². The van der Waals surface area contributed by atoms with Gasteiger partial charge in [0.05, 0.1) is 0 Å². The number of hydrogen-bond acceptors (Lipinski definition) is 2. The molecule has 0 rings (SSSR count). The quantitative estimate of drug-likeness (QED) is 0.675. The van der Waals surface area contributed by atoms with Crippen LogP contribution in [0.1, 0.15) is 34.1 Å². The monoisotopic (exact) mass is 180 g/mol. The van der Waals surface area contributed by atoms with Crippen molar-refractivity contribution in [3.8, 4) is 0 Å². The van der Waals surface area contributed by atoms with Crippen LogP contribution in [0, 0.1) is 11.8 Å². The topological polar surface area (TPSA) is 72.0 Å². The fourth-order valence-corrected chi connectivity index (χ4v) is 0.258. The van der Waals surface area contributed by atoms with Gasteiger partial charge >= 0.3 is 0 Å². The molecule has 0 aliphatic heterocycles. The lowest BCUT2D eigenvalue weighted by atomic mass is 10.2. The van der Waals surface area contributed by atoms with Crippen molar-refractivity contribution in [2.75, 3.05) is 13.2 Å². The number of hydrogen-bond donors (Lipinski definition) is 2. The predicted octanol–water partition coefficient (Wildman–Crippen LogP) is 0.835. The standard InChI is InChI=1S/C5H12O.C4H10O.H2O/c1-5(2)3-4-6;1-4(2)3-5;/h5-6H,3-4H2,1-2H3;4-5H,3H2,1-2H3;1H2. The van der Waals surface area contributed by atoms with E-state index in [0.29, 0.717) is 25.0 Å². The highest BCUT2D eigenvalue weighted by Crippen LogP contribution is 1.94. The first kappa shape index (κ1) is 17.8. The summed E-state index contributed by atoms with van der Waals surface area (Å²) in [7, 11) is 0. The Hall–Kier alpha value is -0.120. The molecule has 3 nitrogen and oxygen atoms in total. The van der Waals surface area contributed by atoms with Gasteiger partial charge in [-0.25, -0.2) is 0 Å². The molecule has 0 saturated carbocycles. The summed E-state index contributed by atoms with van der Waals surface area (Å²) in [6, 6.07) is 0. The maximum atomic E-state index is 8.24. The fourth-order valence-electron chi connectivity index (χ4n) is 0.258. The van der Waals surface area contributed by atoms with Crippen LogP contribution in [0.4, 0.5) is 0 Å². The molecule has 0 fully saturated rings. The Balaban J connectivity index is -0.000000126. The van der Waals surface area contributed by atoms with Gasteiger partial charge in [0, 0.05) is 13.2 Å². The third-order valence-corrected chi connectivity index (χ3v) is 1.07. The highest BCUT2D eigenvalue weighted by atomic mass is 16.3. The Morgan fingerprint density at radius 3 is 1.25 bits per heavy atom. The molecule has 3 heteroatoms. The van der Waals surface area contributed by atoms with Crippen LogP contribution in [-0.4, -0.2) is 28.9 Å². The minimum absolute atomic E-state index is 0. The molecule has 4 N–H and O–H groups in total. The third-order valence-electron chi connectivity index (χ3n) is 1.07. The molecule has 0 radical (unpaired) electrons. The Labute approximate surface area is 75.7 Å². The van der Waals surface area contributed by atoms with E-state index in [1.807, 2.05) is 13.8 Å². The zero-order valence-electron chi connectivity index (χ0n) is 8.67. The average molecular weight is 180 g/mol. The highest BCUT2D eigenvalue weighted by Gasteiger charge is 1.86. The lowest BCUT2D eigenvalue weighted by molar-refractivity contribution is 0.248. The van der Waals surface area contributed by atoms with Crippen LogP contribution in [0.2, 0.25) is 0 Å². The van der Waals surface area contributed by atoms with Gasteiger partial charge in [-0.3, -0.25) is 0 Å². The Bertz CT molecular complexity index is 62.8. The molecule has 12 heavy (non-hydrogen) atoms. The van der Waals surface area contributed by atoms with Crippen molar-refractivity contribution in [1.29, 1.82) is 0 Å². The summed E-state index contributed by atoms with van der Waals surface area (Å²) in [5.74, 6) is 1.09. The van der Waals surface area contributed by atoms with E-state index in [1.54, 1.807) is 0 Å². The lowest BCUT2D eigenvalue weighted by Crippen LogP contribution is -1.90. The van der Waals surface area contributed by atoms with Gasteiger partial charge in [-0.15, -0.1) is 0 Å². The van der Waals surface area contributed by atoms with Crippen molar-refractivity contribution in [1.82, 2.24) is 0 Å². The smallest absolute Gasteiger partial charge is 0.0453 e. The molecule has 0 saturated heterocycles. The summed E-state index contributed by atoms with van der Waals surface area (Å²) >= 11 is 0. The van der Waals surface area contributed by atoms with Crippen LogP contribution >= 0.6 is 0 Å². The molecule has 0 spiro atoms. The first-order chi connectivity index (χ1) is 5.04. The zero-order valence-corrected chi connectivity index (χ0v) is 8.67. The number of rotatable bonds is 3. The van der Waals surface area contributed by atoms with Gasteiger partial charge in [0.2, 0.25) is 0 Å². The largest absolute Gasteiger partial charge is 0.412 e. The van der Waals surface area contributed by atoms with E-state index >= 15 is 0 Å². The fraction of sp³-hybridized carbons (Fsp3) is 1.00. The lowest BCUT2D eigenvalue weighted by Gasteiger charge is -1.95. The van der Waals surface area contributed by atoms with Crippen LogP contribution in [0.25, 0.3) is 0 Å². The summed E-state index contributed by atoms with van der Waals surface area (Å²) in [5.41, 5.74) is 0. The molecule has 0 aromatic heterocycles. The van der Waals surface area contributed by atoms with Gasteiger partial charge in [0.15, 0.2) is 0 Å². The van der Waals surface area contributed by atoms with E-state index in [4.69, 9.17) is 10.2 Å². The Morgan fingerprint density at radius 2 is 1.25 bits per heavy atom. The molecule has 78 valence electrons. The van der Waals surface area contributed by atoms with Gasteiger partial charge < -0.3 is 15.7 Å². The molecular formula is C9H24O3. The van der Waals surface area contributed by atoms with Gasteiger partial charge in [0.25, 0.3) is 0 Å². The highest BCUT2D eigenvalue weighted by molar-refractivity contribution is 4.38. The summed E-state index contributed by atoms with van der Waals surface area (Å²) < 4.78 is 0. The first-order valence-electron chi connectivity index (χ1n) is 4.26. The van der Waals surface area contributed by atoms with Crippen LogP contribution < -0.4 is 0 Å². The second-order valence-electron chi connectivity index (χ2n) is 3.48. The molecule has 0 amide bonds. The molecule has 0 unspecified atom stereocenters. The van der Waals surface area contributed by atoms with Crippen LogP contribution in [-0.2, 0) is 0 Å². The van der Waals surface area contributed by atoms with Crippen molar-refractivity contribution < 1.29 is 15.7 Å². The van der Waals surface area contributed by atoms with Crippen molar-refractivity contribution in [3.63, 3.8) is 0 Å². The molecule has 0 heterocycles. The van der Waals surface area contributed by atoms with E-state index < -0.39 is 0 Å². The molecule has 0 aromatic carbocycles. The van der Waals surface area contributed by atoms with Crippen LogP contribution in [0.5, 0.6) is 0 Å². The number of aliphatic hydroxyl groups is 2. The molecule has 0 aliphatic carbocycles. The molecular weight excluding hydrogens is 156 g/mol. The second kappa shape index (κ2) is 13.5. The Morgan fingerprint density at radius 1 is 0.917 bits per heavy atom. The summed E-state index contributed by atoms with van der Waals surface area (Å²) in [4.78, 5) is 0. The van der Waals surface area contributed by atoms with Gasteiger partial charge in [-0.05, 0) is 18.3 Å². The average Bonchev–Trinajstić information content (AvgIpc) is 1.89. The molecule has 0 aromatic rings. The van der Waals surface area contributed by atoms with Crippen LogP contribution in [0.15, 0.2) is 0 Å². The Kier molecular flexibility index (Phi) is 20.0. The third kappa shape index (κ3) is 32.7. The van der Waals surface area contributed by atoms with Gasteiger partial charge in [-0.1, -0.05) is 27.7 Å². The first-order valence-corrected chi connectivity index (χ1v) is 4.26. The molecule has 0 atom stereocenters. The SMILES string of the molecule is CC(C)CCO.CC(C)CO.O. The maximum absolute atomic E-state index is 8.24. The van der Waals surface area contributed by atoms with E-state index in [0.717, 1.165) is 6.42 Å². The van der Waals surface area contributed by atoms with Gasteiger partial charge in [-0.2, -0.15) is 0 Å². The minimum atomic E-state index is 0. The number of aliphatic hydroxyl groups excluding tert-OH is 2. The summed E-state index contributed by atoms with van der Waals surface area (Å²) in [6.45, 7) is 8.77. The van der Waals surface area contributed by atoms with E-state index in [1.165, 1.54) is 0 Å².